The highest BCUT2D eigenvalue weighted by Crippen LogP contribution is 2.29. The Labute approximate surface area is 183 Å². The molecular formula is C22H21N5OS2. The first-order valence-corrected chi connectivity index (χ1v) is 11.2. The number of nitrogens with zero attached hydrogens (tertiary/aromatic N) is 4. The molecule has 1 N–H and O–H groups in total. The SMILES string of the molecule is CN(C)c1ccc(-n2cccc2/C=N\NC(=O)CSc2nc3ccccc3s2)cc1. The van der Waals surface area contributed by atoms with Gasteiger partial charge in [0.05, 0.1) is 27.9 Å². The van der Waals surface area contributed by atoms with Gasteiger partial charge < -0.3 is 9.47 Å². The highest BCUT2D eigenvalue weighted by molar-refractivity contribution is 8.01. The topological polar surface area (TPSA) is 62.5 Å². The minimum Gasteiger partial charge on any atom is -0.378 e. The molecular weight excluding hydrogens is 414 g/mol. The number of aromatic nitrogens is 2. The lowest BCUT2D eigenvalue weighted by atomic mass is 10.2. The summed E-state index contributed by atoms with van der Waals surface area (Å²) in [6.07, 6.45) is 3.62. The molecule has 0 saturated carbocycles. The molecule has 8 heteroatoms. The number of hydrogen-bond acceptors (Lipinski definition) is 6. The Hall–Kier alpha value is -3.10. The van der Waals surface area contributed by atoms with Gasteiger partial charge in [0.1, 0.15) is 0 Å². The van der Waals surface area contributed by atoms with Crippen LogP contribution in [0.15, 0.2) is 76.3 Å². The molecule has 0 bridgehead atoms. The number of thioether (sulfide) groups is 1. The third-order valence-electron chi connectivity index (χ3n) is 4.41. The number of para-hydroxylation sites is 1. The number of hydrazone groups is 1. The zero-order valence-corrected chi connectivity index (χ0v) is 18.3. The van der Waals surface area contributed by atoms with Crippen LogP contribution in [0.1, 0.15) is 5.69 Å². The summed E-state index contributed by atoms with van der Waals surface area (Å²) in [4.78, 5) is 18.7. The minimum atomic E-state index is -0.163. The van der Waals surface area contributed by atoms with E-state index in [0.29, 0.717) is 0 Å². The Bertz CT molecular complexity index is 1140. The van der Waals surface area contributed by atoms with Gasteiger partial charge in [0.2, 0.25) is 0 Å². The number of anilines is 1. The first kappa shape index (κ1) is 20.2. The molecule has 0 radical (unpaired) electrons. The van der Waals surface area contributed by atoms with Crippen molar-refractivity contribution in [2.45, 2.75) is 4.34 Å². The lowest BCUT2D eigenvalue weighted by Crippen LogP contribution is -2.19. The summed E-state index contributed by atoms with van der Waals surface area (Å²) in [6.45, 7) is 0. The van der Waals surface area contributed by atoms with Crippen LogP contribution in [0.3, 0.4) is 0 Å². The van der Waals surface area contributed by atoms with Crippen LogP contribution in [0.2, 0.25) is 0 Å². The van der Waals surface area contributed by atoms with E-state index in [0.717, 1.165) is 31.6 Å². The van der Waals surface area contributed by atoms with Crippen LogP contribution in [-0.2, 0) is 4.79 Å². The number of hydrogen-bond donors (Lipinski definition) is 1. The second-order valence-electron chi connectivity index (χ2n) is 6.74. The fourth-order valence-corrected chi connectivity index (χ4v) is 4.75. The van der Waals surface area contributed by atoms with Crippen molar-refractivity contribution in [3.8, 4) is 5.69 Å². The van der Waals surface area contributed by atoms with Crippen LogP contribution in [-0.4, -0.2) is 41.5 Å². The summed E-state index contributed by atoms with van der Waals surface area (Å²) < 4.78 is 4.02. The highest BCUT2D eigenvalue weighted by atomic mass is 32.2. The number of benzene rings is 2. The predicted molar refractivity (Wildman–Crippen MR) is 126 cm³/mol. The molecule has 0 aliphatic heterocycles. The maximum absolute atomic E-state index is 12.1. The van der Waals surface area contributed by atoms with E-state index < -0.39 is 0 Å². The molecule has 4 aromatic rings. The van der Waals surface area contributed by atoms with E-state index in [1.54, 1.807) is 17.6 Å². The molecule has 6 nitrogen and oxygen atoms in total. The molecule has 0 fully saturated rings. The van der Waals surface area contributed by atoms with Gasteiger partial charge in [-0.1, -0.05) is 23.9 Å². The quantitative estimate of drug-likeness (QED) is 0.266. The fraction of sp³-hybridized carbons (Fsp3) is 0.136. The van der Waals surface area contributed by atoms with Crippen LogP contribution < -0.4 is 10.3 Å². The average Bonchev–Trinajstić information content (AvgIpc) is 3.39. The zero-order chi connectivity index (χ0) is 20.9. The molecule has 4 rings (SSSR count). The van der Waals surface area contributed by atoms with E-state index in [-0.39, 0.29) is 11.7 Å². The van der Waals surface area contributed by atoms with Crippen LogP contribution in [0.5, 0.6) is 0 Å². The van der Waals surface area contributed by atoms with Crippen molar-refractivity contribution in [2.75, 3.05) is 24.7 Å². The maximum atomic E-state index is 12.1. The van der Waals surface area contributed by atoms with E-state index in [9.17, 15) is 4.79 Å². The maximum Gasteiger partial charge on any atom is 0.250 e. The fourth-order valence-electron chi connectivity index (χ4n) is 2.89. The Morgan fingerprint density at radius 3 is 2.73 bits per heavy atom. The Balaban J connectivity index is 1.34. The van der Waals surface area contributed by atoms with Crippen molar-refractivity contribution in [1.29, 1.82) is 0 Å². The number of amides is 1. The lowest BCUT2D eigenvalue weighted by Gasteiger charge is -2.13. The monoisotopic (exact) mass is 435 g/mol. The van der Waals surface area contributed by atoms with Gasteiger partial charge in [-0.05, 0) is 48.5 Å². The van der Waals surface area contributed by atoms with Crippen molar-refractivity contribution in [1.82, 2.24) is 15.0 Å². The molecule has 2 aromatic carbocycles. The van der Waals surface area contributed by atoms with Gasteiger partial charge in [-0.2, -0.15) is 5.10 Å². The molecule has 152 valence electrons. The largest absolute Gasteiger partial charge is 0.378 e. The van der Waals surface area contributed by atoms with Gasteiger partial charge in [0, 0.05) is 31.7 Å². The molecule has 0 spiro atoms. The second-order valence-corrected chi connectivity index (χ2v) is 9.00. The molecule has 0 atom stereocenters. The van der Waals surface area contributed by atoms with E-state index >= 15 is 0 Å². The molecule has 0 saturated heterocycles. The Morgan fingerprint density at radius 2 is 1.97 bits per heavy atom. The normalized spacial score (nSPS) is 11.3. The standard InChI is InChI=1S/C22H21N5OS2/c1-26(2)16-9-11-17(12-10-16)27-13-5-6-18(27)14-23-25-21(28)15-29-22-24-19-7-3-4-8-20(19)30-22/h3-14H,15H2,1-2H3,(H,25,28)/b23-14-. The Morgan fingerprint density at radius 1 is 1.17 bits per heavy atom. The molecule has 1 amide bonds. The van der Waals surface area contributed by atoms with E-state index in [1.807, 2.05) is 61.3 Å². The van der Waals surface area contributed by atoms with Crippen LogP contribution in [0.25, 0.3) is 15.9 Å². The molecule has 0 unspecified atom stereocenters. The summed E-state index contributed by atoms with van der Waals surface area (Å²) in [5.41, 5.74) is 6.61. The average molecular weight is 436 g/mol. The molecule has 30 heavy (non-hydrogen) atoms. The summed E-state index contributed by atoms with van der Waals surface area (Å²) in [7, 11) is 4.03. The van der Waals surface area contributed by atoms with Crippen molar-refractivity contribution in [2.24, 2.45) is 5.10 Å². The highest BCUT2D eigenvalue weighted by Gasteiger charge is 2.07. The van der Waals surface area contributed by atoms with Gasteiger partial charge in [0.25, 0.3) is 5.91 Å². The van der Waals surface area contributed by atoms with Gasteiger partial charge in [-0.25, -0.2) is 10.4 Å². The molecule has 2 heterocycles. The predicted octanol–water partition coefficient (Wildman–Crippen LogP) is 4.40. The third-order valence-corrected chi connectivity index (χ3v) is 6.59. The van der Waals surface area contributed by atoms with Crippen LogP contribution in [0.4, 0.5) is 5.69 Å². The number of fused-ring (bicyclic) bond motifs is 1. The smallest absolute Gasteiger partial charge is 0.250 e. The van der Waals surface area contributed by atoms with Crippen molar-refractivity contribution in [3.63, 3.8) is 0 Å². The van der Waals surface area contributed by atoms with Gasteiger partial charge >= 0.3 is 0 Å². The van der Waals surface area contributed by atoms with Crippen molar-refractivity contribution < 1.29 is 4.79 Å². The number of carbonyl (C=O) groups is 1. The van der Waals surface area contributed by atoms with Crippen molar-refractivity contribution in [3.05, 3.63) is 72.6 Å². The minimum absolute atomic E-state index is 0.163. The number of thiazole rings is 1. The lowest BCUT2D eigenvalue weighted by molar-refractivity contribution is -0.118. The summed E-state index contributed by atoms with van der Waals surface area (Å²) in [5.74, 6) is 0.105. The van der Waals surface area contributed by atoms with E-state index in [2.05, 4.69) is 44.7 Å². The van der Waals surface area contributed by atoms with Gasteiger partial charge in [-0.15, -0.1) is 11.3 Å². The molecule has 2 aromatic heterocycles. The second kappa shape index (κ2) is 9.15. The van der Waals surface area contributed by atoms with Crippen molar-refractivity contribution >= 4 is 51.1 Å². The summed E-state index contributed by atoms with van der Waals surface area (Å²) in [6, 6.07) is 20.1. The molecule has 0 aliphatic rings. The van der Waals surface area contributed by atoms with E-state index in [4.69, 9.17) is 0 Å². The van der Waals surface area contributed by atoms with Gasteiger partial charge in [-0.3, -0.25) is 4.79 Å². The third kappa shape index (κ3) is 4.72. The van der Waals surface area contributed by atoms with Gasteiger partial charge in [0.15, 0.2) is 4.34 Å². The first-order valence-electron chi connectivity index (χ1n) is 9.35. The van der Waals surface area contributed by atoms with Crippen LogP contribution in [0, 0.1) is 0 Å². The molecule has 0 aliphatic carbocycles. The summed E-state index contributed by atoms with van der Waals surface area (Å²) in [5, 5.41) is 4.12. The number of rotatable bonds is 7. The Kier molecular flexibility index (Phi) is 6.15. The number of carbonyl (C=O) groups excluding carboxylic acids is 1. The number of nitrogens with one attached hydrogen (secondary N) is 1. The van der Waals surface area contributed by atoms with Crippen LogP contribution >= 0.6 is 23.1 Å². The summed E-state index contributed by atoms with van der Waals surface area (Å²) >= 11 is 3.01. The first-order chi connectivity index (χ1) is 14.6. The zero-order valence-electron chi connectivity index (χ0n) is 16.6. The van der Waals surface area contributed by atoms with E-state index in [1.165, 1.54) is 11.8 Å².